The van der Waals surface area contributed by atoms with Gasteiger partial charge < -0.3 is 9.88 Å². The van der Waals surface area contributed by atoms with Crippen molar-refractivity contribution in [1.82, 2.24) is 24.1 Å². The van der Waals surface area contributed by atoms with Crippen LogP contribution in [0, 0.1) is 0 Å². The summed E-state index contributed by atoms with van der Waals surface area (Å²) >= 11 is 1.76. The van der Waals surface area contributed by atoms with Crippen molar-refractivity contribution in [2.24, 2.45) is 0 Å². The summed E-state index contributed by atoms with van der Waals surface area (Å²) < 4.78 is 27.9. The van der Waals surface area contributed by atoms with Crippen LogP contribution in [-0.2, 0) is 27.8 Å². The molecule has 0 saturated carbocycles. The Morgan fingerprint density at radius 2 is 2.00 bits per heavy atom. The fourth-order valence-corrected chi connectivity index (χ4v) is 6.93. The number of piperazine rings is 1. The lowest BCUT2D eigenvalue weighted by Gasteiger charge is -2.39. The van der Waals surface area contributed by atoms with Crippen LogP contribution in [0.5, 0.6) is 0 Å². The van der Waals surface area contributed by atoms with Gasteiger partial charge >= 0.3 is 0 Å². The summed E-state index contributed by atoms with van der Waals surface area (Å²) in [6.45, 7) is 5.14. The first-order chi connectivity index (χ1) is 14.9. The normalized spacial score (nSPS) is 19.5. The Bertz CT molecular complexity index is 1210. The molecular formula is C21H25N5O3S2. The summed E-state index contributed by atoms with van der Waals surface area (Å²) in [5.74, 6) is 0.121. The van der Waals surface area contributed by atoms with Crippen molar-refractivity contribution in [3.63, 3.8) is 0 Å². The largest absolute Gasteiger partial charge is 0.345 e. The van der Waals surface area contributed by atoms with Gasteiger partial charge in [0.05, 0.1) is 6.04 Å². The number of nitrogens with zero attached hydrogens (tertiary/aromatic N) is 4. The second-order valence-corrected chi connectivity index (χ2v) is 11.0. The Morgan fingerprint density at radius 1 is 1.19 bits per heavy atom. The maximum Gasteiger partial charge on any atom is 0.245 e. The number of rotatable bonds is 4. The summed E-state index contributed by atoms with van der Waals surface area (Å²) in [4.78, 5) is 25.9. The van der Waals surface area contributed by atoms with E-state index in [4.69, 9.17) is 0 Å². The summed E-state index contributed by atoms with van der Waals surface area (Å²) in [5, 5.41) is 2.69. The minimum absolute atomic E-state index is 0.121. The van der Waals surface area contributed by atoms with Crippen LogP contribution >= 0.6 is 11.3 Å². The first kappa shape index (κ1) is 20.6. The topological polar surface area (TPSA) is 89.6 Å². The number of thiophene rings is 1. The van der Waals surface area contributed by atoms with Gasteiger partial charge in [0, 0.05) is 61.9 Å². The number of hydrogen-bond acceptors (Lipinski definition) is 6. The molecule has 0 spiro atoms. The molecule has 1 amide bonds. The third-order valence-electron chi connectivity index (χ3n) is 6.33. The molecule has 1 unspecified atom stereocenters. The van der Waals surface area contributed by atoms with E-state index in [-0.39, 0.29) is 16.8 Å². The molecule has 8 nitrogen and oxygen atoms in total. The zero-order valence-corrected chi connectivity index (χ0v) is 19.0. The van der Waals surface area contributed by atoms with Crippen molar-refractivity contribution in [1.29, 1.82) is 0 Å². The van der Waals surface area contributed by atoms with Crippen LogP contribution < -0.4 is 0 Å². The molecule has 1 fully saturated rings. The molecule has 10 heteroatoms. The Labute approximate surface area is 185 Å². The Hall–Kier alpha value is -2.27. The van der Waals surface area contributed by atoms with Crippen molar-refractivity contribution < 1.29 is 13.2 Å². The first-order valence-electron chi connectivity index (χ1n) is 10.5. The van der Waals surface area contributed by atoms with Crippen LogP contribution in [0.25, 0.3) is 11.0 Å². The van der Waals surface area contributed by atoms with Gasteiger partial charge in [0.15, 0.2) is 0 Å². The number of hydrogen-bond donors (Lipinski definition) is 1. The average molecular weight is 460 g/mol. The van der Waals surface area contributed by atoms with Crippen molar-refractivity contribution >= 4 is 38.3 Å². The fraction of sp³-hybridized carbons (Fsp3) is 0.429. The number of aromatic nitrogens is 2. The van der Waals surface area contributed by atoms with E-state index in [1.54, 1.807) is 29.7 Å². The highest BCUT2D eigenvalue weighted by molar-refractivity contribution is 7.89. The van der Waals surface area contributed by atoms with E-state index in [1.807, 2.05) is 11.8 Å². The monoisotopic (exact) mass is 459 g/mol. The lowest BCUT2D eigenvalue weighted by molar-refractivity contribution is -0.137. The predicted molar refractivity (Wildman–Crippen MR) is 119 cm³/mol. The number of H-pyrrole nitrogens is 1. The number of carbonyl (C=O) groups is 1. The van der Waals surface area contributed by atoms with Gasteiger partial charge in [-0.1, -0.05) is 0 Å². The van der Waals surface area contributed by atoms with Crippen molar-refractivity contribution in [2.75, 3.05) is 32.7 Å². The molecule has 3 aromatic rings. The van der Waals surface area contributed by atoms with E-state index in [0.29, 0.717) is 43.8 Å². The summed E-state index contributed by atoms with van der Waals surface area (Å²) in [6, 6.07) is 5.34. The zero-order chi connectivity index (χ0) is 21.6. The lowest BCUT2D eigenvalue weighted by Crippen LogP contribution is -2.55. The van der Waals surface area contributed by atoms with Crippen molar-refractivity contribution in [2.45, 2.75) is 30.8 Å². The summed E-state index contributed by atoms with van der Waals surface area (Å²) in [7, 11) is -3.62. The number of sulfonamides is 1. The van der Waals surface area contributed by atoms with Crippen molar-refractivity contribution in [3.8, 4) is 0 Å². The summed E-state index contributed by atoms with van der Waals surface area (Å²) in [6.07, 6.45) is 4.06. The number of amides is 1. The maximum absolute atomic E-state index is 13.2. The van der Waals surface area contributed by atoms with Gasteiger partial charge in [-0.05, 0) is 42.5 Å². The molecule has 31 heavy (non-hydrogen) atoms. The molecule has 5 heterocycles. The van der Waals surface area contributed by atoms with Crippen molar-refractivity contribution in [3.05, 3.63) is 46.4 Å². The fourth-order valence-electron chi connectivity index (χ4n) is 4.47. The Balaban J connectivity index is 1.24. The Morgan fingerprint density at radius 3 is 2.81 bits per heavy atom. The molecule has 1 saturated heterocycles. The van der Waals surface area contributed by atoms with Gasteiger partial charge in [0.1, 0.15) is 10.5 Å². The number of carbonyl (C=O) groups excluding carboxylic acids is 1. The second kappa shape index (κ2) is 8.01. The number of nitrogens with one attached hydrogen (secondary N) is 1. The molecule has 2 aliphatic heterocycles. The smallest absolute Gasteiger partial charge is 0.245 e. The van der Waals surface area contributed by atoms with Crippen LogP contribution in [0.4, 0.5) is 0 Å². The van der Waals surface area contributed by atoms with Crippen LogP contribution in [0.15, 0.2) is 40.9 Å². The third kappa shape index (κ3) is 3.67. The predicted octanol–water partition coefficient (Wildman–Crippen LogP) is 1.90. The first-order valence-corrected chi connectivity index (χ1v) is 12.8. The molecule has 2 aliphatic rings. The van der Waals surface area contributed by atoms with E-state index in [2.05, 4.69) is 26.3 Å². The molecule has 164 valence electrons. The quantitative estimate of drug-likeness (QED) is 0.644. The molecule has 0 bridgehead atoms. The molecular weight excluding hydrogens is 434 g/mol. The highest BCUT2D eigenvalue weighted by Crippen LogP contribution is 2.27. The minimum atomic E-state index is -3.62. The van der Waals surface area contributed by atoms with Crippen LogP contribution in [0.3, 0.4) is 0 Å². The van der Waals surface area contributed by atoms with Gasteiger partial charge in [-0.15, -0.1) is 11.3 Å². The lowest BCUT2D eigenvalue weighted by atomic mass is 10.1. The van der Waals surface area contributed by atoms with E-state index in [1.165, 1.54) is 20.9 Å². The number of pyridine rings is 1. The summed E-state index contributed by atoms with van der Waals surface area (Å²) in [5.41, 5.74) is 1.81. The van der Waals surface area contributed by atoms with E-state index in [0.717, 1.165) is 13.0 Å². The molecule has 0 aromatic carbocycles. The number of fused-ring (bicyclic) bond motifs is 2. The highest BCUT2D eigenvalue weighted by atomic mass is 32.2. The molecule has 5 rings (SSSR count). The van der Waals surface area contributed by atoms with E-state index in [9.17, 15) is 13.2 Å². The van der Waals surface area contributed by atoms with Gasteiger partial charge in [-0.2, -0.15) is 4.31 Å². The van der Waals surface area contributed by atoms with Gasteiger partial charge in [-0.25, -0.2) is 13.4 Å². The standard InChI is InChI=1S/C21H25N5O3S2/c1-15(21(27)25-7-4-18-16(14-25)5-12-30-18)24-8-10-26(11-9-24)31(28,29)19-13-23-20-17(19)3-2-6-22-20/h2-3,5-6,12-13,15H,4,7-11,14H2,1H3,(H,22,23). The van der Waals surface area contributed by atoms with E-state index < -0.39 is 10.0 Å². The van der Waals surface area contributed by atoms with Crippen LogP contribution in [0.1, 0.15) is 17.4 Å². The number of aromatic amines is 1. The van der Waals surface area contributed by atoms with Gasteiger partial charge in [-0.3, -0.25) is 9.69 Å². The minimum Gasteiger partial charge on any atom is -0.345 e. The van der Waals surface area contributed by atoms with Crippen LogP contribution in [-0.4, -0.2) is 77.2 Å². The molecule has 0 aliphatic carbocycles. The molecule has 0 radical (unpaired) electrons. The average Bonchev–Trinajstić information content (AvgIpc) is 3.45. The molecule has 1 N–H and O–H groups in total. The van der Waals surface area contributed by atoms with Gasteiger partial charge in [0.25, 0.3) is 0 Å². The molecule has 1 atom stereocenters. The zero-order valence-electron chi connectivity index (χ0n) is 17.3. The SMILES string of the molecule is CC(C(=O)N1CCc2sccc2C1)N1CCN(S(=O)(=O)c2c[nH]c3ncccc23)CC1. The third-order valence-corrected chi connectivity index (χ3v) is 9.29. The second-order valence-electron chi connectivity index (χ2n) is 8.05. The maximum atomic E-state index is 13.2. The van der Waals surface area contributed by atoms with Crippen LogP contribution in [0.2, 0.25) is 0 Å². The molecule has 3 aromatic heterocycles. The van der Waals surface area contributed by atoms with Gasteiger partial charge in [0.2, 0.25) is 15.9 Å². The Kier molecular flexibility index (Phi) is 5.33. The van der Waals surface area contributed by atoms with E-state index >= 15 is 0 Å². The highest BCUT2D eigenvalue weighted by Gasteiger charge is 2.35.